The maximum atomic E-state index is 12.0. The van der Waals surface area contributed by atoms with Gasteiger partial charge in [-0.15, -0.1) is 0 Å². The van der Waals surface area contributed by atoms with Crippen LogP contribution in [0.25, 0.3) is 0 Å². The zero-order chi connectivity index (χ0) is 14.3. The Morgan fingerprint density at radius 1 is 1.21 bits per heavy atom. The number of halogens is 1. The van der Waals surface area contributed by atoms with E-state index < -0.39 is 6.67 Å². The topological polar surface area (TPSA) is 89.4 Å². The lowest BCUT2D eigenvalue weighted by Gasteiger charge is -2.16. The normalized spacial score (nSPS) is 11.2. The molecule has 0 saturated carbocycles. The van der Waals surface area contributed by atoms with Crippen LogP contribution >= 0.6 is 0 Å². The quantitative estimate of drug-likeness (QED) is 0.443. The lowest BCUT2D eigenvalue weighted by molar-refractivity contribution is 0.112. The van der Waals surface area contributed by atoms with Crippen LogP contribution < -0.4 is 16.6 Å². The monoisotopic (exact) mass is 265 g/mol. The van der Waals surface area contributed by atoms with Crippen LogP contribution in [0.2, 0.25) is 0 Å². The molecular weight excluding hydrogens is 249 g/mol. The van der Waals surface area contributed by atoms with Crippen LogP contribution in [0.4, 0.5) is 10.1 Å². The third-order valence-corrected chi connectivity index (χ3v) is 2.44. The number of carbonyl (C=O) groups excluding carboxylic acids is 2. The van der Waals surface area contributed by atoms with Gasteiger partial charge in [0.1, 0.15) is 12.6 Å². The molecule has 1 aromatic rings. The van der Waals surface area contributed by atoms with Gasteiger partial charge in [0.15, 0.2) is 0 Å². The Labute approximate surface area is 110 Å². The molecule has 0 bridgehead atoms. The van der Waals surface area contributed by atoms with Crippen molar-refractivity contribution in [2.24, 2.45) is 11.6 Å². The Kier molecular flexibility index (Phi) is 5.69. The minimum Gasteiger partial charge on any atom is -0.401 e. The van der Waals surface area contributed by atoms with E-state index in [1.54, 1.807) is 0 Å². The van der Waals surface area contributed by atoms with Crippen molar-refractivity contribution in [1.29, 1.82) is 0 Å². The molecule has 0 aliphatic heterocycles. The van der Waals surface area contributed by atoms with Crippen LogP contribution in [-0.4, -0.2) is 19.2 Å². The molecule has 0 amide bonds. The first-order valence-corrected chi connectivity index (χ1v) is 5.72. The number of carbonyl (C=O) groups is 2. The zero-order valence-corrected chi connectivity index (χ0v) is 10.4. The number of nitrogens with two attached hydrogens (primary N) is 2. The smallest absolute Gasteiger partial charge is 0.150 e. The standard InChI is InChI=1S/C13H16FN3O2/c14-3-1-2-12(15)7-17(16)13-5-10(8-18)4-11(6-13)9-19/h4-9H,1-3,15-16H2/b12-7-. The molecule has 19 heavy (non-hydrogen) atoms. The minimum absolute atomic E-state index is 0.324. The van der Waals surface area contributed by atoms with E-state index in [0.29, 0.717) is 47.9 Å². The second kappa shape index (κ2) is 7.27. The highest BCUT2D eigenvalue weighted by Gasteiger charge is 2.04. The fourth-order valence-electron chi connectivity index (χ4n) is 1.53. The van der Waals surface area contributed by atoms with Gasteiger partial charge in [0.25, 0.3) is 0 Å². The summed E-state index contributed by atoms with van der Waals surface area (Å²) in [4.78, 5) is 21.5. The van der Waals surface area contributed by atoms with Gasteiger partial charge in [-0.3, -0.25) is 19.0 Å². The van der Waals surface area contributed by atoms with Crippen molar-refractivity contribution in [3.8, 4) is 0 Å². The summed E-state index contributed by atoms with van der Waals surface area (Å²) in [5.74, 6) is 5.77. The van der Waals surface area contributed by atoms with Gasteiger partial charge >= 0.3 is 0 Å². The third kappa shape index (κ3) is 4.51. The fourth-order valence-corrected chi connectivity index (χ4v) is 1.53. The lowest BCUT2D eigenvalue weighted by Crippen LogP contribution is -2.26. The first-order valence-electron chi connectivity index (χ1n) is 5.72. The van der Waals surface area contributed by atoms with Gasteiger partial charge < -0.3 is 5.73 Å². The number of aldehydes is 2. The zero-order valence-electron chi connectivity index (χ0n) is 10.4. The maximum absolute atomic E-state index is 12.0. The SMILES string of the molecule is N/C(=C\N(N)c1cc(C=O)cc(C=O)c1)CCCF. The summed E-state index contributed by atoms with van der Waals surface area (Å²) < 4.78 is 12.0. The molecule has 0 atom stereocenters. The molecule has 0 spiro atoms. The largest absolute Gasteiger partial charge is 0.401 e. The average Bonchev–Trinajstić information content (AvgIpc) is 2.44. The first-order chi connectivity index (χ1) is 9.10. The predicted molar refractivity (Wildman–Crippen MR) is 71.4 cm³/mol. The van der Waals surface area contributed by atoms with Crippen molar-refractivity contribution in [1.82, 2.24) is 0 Å². The number of alkyl halides is 1. The lowest BCUT2D eigenvalue weighted by atomic mass is 10.1. The summed E-state index contributed by atoms with van der Waals surface area (Å²) in [6.45, 7) is -0.449. The molecule has 0 radical (unpaired) electrons. The molecule has 1 aromatic carbocycles. The van der Waals surface area contributed by atoms with E-state index in [-0.39, 0.29) is 0 Å². The van der Waals surface area contributed by atoms with E-state index >= 15 is 0 Å². The van der Waals surface area contributed by atoms with Crippen LogP contribution in [0.1, 0.15) is 33.6 Å². The van der Waals surface area contributed by atoms with Gasteiger partial charge in [0.05, 0.1) is 12.4 Å². The summed E-state index contributed by atoms with van der Waals surface area (Å²) in [6, 6.07) is 4.51. The second-order valence-electron chi connectivity index (χ2n) is 4.00. The average molecular weight is 265 g/mol. The van der Waals surface area contributed by atoms with Gasteiger partial charge in [-0.1, -0.05) is 0 Å². The van der Waals surface area contributed by atoms with Crippen molar-refractivity contribution in [3.63, 3.8) is 0 Å². The Balaban J connectivity index is 2.95. The summed E-state index contributed by atoms with van der Waals surface area (Å²) in [6.07, 6.45) is 3.40. The summed E-state index contributed by atoms with van der Waals surface area (Å²) >= 11 is 0. The van der Waals surface area contributed by atoms with Crippen molar-refractivity contribution < 1.29 is 14.0 Å². The van der Waals surface area contributed by atoms with Gasteiger partial charge in [-0.25, -0.2) is 5.84 Å². The molecule has 0 fully saturated rings. The van der Waals surface area contributed by atoms with Crippen molar-refractivity contribution in [2.75, 3.05) is 11.7 Å². The van der Waals surface area contributed by atoms with Crippen molar-refractivity contribution in [2.45, 2.75) is 12.8 Å². The van der Waals surface area contributed by atoms with Gasteiger partial charge in [0, 0.05) is 23.0 Å². The summed E-state index contributed by atoms with van der Waals surface area (Å²) in [7, 11) is 0. The molecule has 0 aliphatic rings. The van der Waals surface area contributed by atoms with E-state index in [4.69, 9.17) is 11.6 Å². The van der Waals surface area contributed by atoms with Crippen LogP contribution in [-0.2, 0) is 0 Å². The Morgan fingerprint density at radius 2 is 1.79 bits per heavy atom. The first kappa shape index (κ1) is 14.8. The van der Waals surface area contributed by atoms with Crippen LogP contribution in [0.3, 0.4) is 0 Å². The van der Waals surface area contributed by atoms with Crippen molar-refractivity contribution in [3.05, 3.63) is 41.2 Å². The molecule has 4 N–H and O–H groups in total. The highest BCUT2D eigenvalue weighted by atomic mass is 19.1. The van der Waals surface area contributed by atoms with Crippen LogP contribution in [0.15, 0.2) is 30.1 Å². The van der Waals surface area contributed by atoms with Crippen LogP contribution in [0.5, 0.6) is 0 Å². The molecule has 0 aliphatic carbocycles. The second-order valence-corrected chi connectivity index (χ2v) is 4.00. The molecule has 0 aromatic heterocycles. The van der Waals surface area contributed by atoms with Gasteiger partial charge in [0.2, 0.25) is 0 Å². The molecule has 1 rings (SSSR count). The molecule has 0 heterocycles. The molecule has 5 nitrogen and oxygen atoms in total. The molecule has 6 heteroatoms. The maximum Gasteiger partial charge on any atom is 0.150 e. The molecule has 0 saturated heterocycles. The number of anilines is 1. The van der Waals surface area contributed by atoms with Gasteiger partial charge in [-0.2, -0.15) is 0 Å². The van der Waals surface area contributed by atoms with E-state index in [9.17, 15) is 14.0 Å². The van der Waals surface area contributed by atoms with E-state index in [0.717, 1.165) is 0 Å². The Morgan fingerprint density at radius 3 is 2.26 bits per heavy atom. The van der Waals surface area contributed by atoms with Crippen LogP contribution in [0, 0.1) is 0 Å². The summed E-state index contributed by atoms with van der Waals surface area (Å²) in [5.41, 5.74) is 7.22. The number of benzene rings is 1. The Hall–Kier alpha value is -2.21. The van der Waals surface area contributed by atoms with Gasteiger partial charge in [-0.05, 0) is 31.0 Å². The number of rotatable bonds is 7. The number of hydrogen-bond donors (Lipinski definition) is 2. The summed E-state index contributed by atoms with van der Waals surface area (Å²) in [5, 5.41) is 1.20. The number of allylic oxidation sites excluding steroid dienone is 1. The fraction of sp³-hybridized carbons (Fsp3) is 0.231. The predicted octanol–water partition coefficient (Wildman–Crippen LogP) is 1.54. The highest BCUT2D eigenvalue weighted by molar-refractivity contribution is 5.85. The third-order valence-electron chi connectivity index (χ3n) is 2.44. The molecule has 102 valence electrons. The van der Waals surface area contributed by atoms with E-state index in [1.807, 2.05) is 0 Å². The molecular formula is C13H16FN3O2. The van der Waals surface area contributed by atoms with E-state index in [2.05, 4.69) is 0 Å². The number of hydrazine groups is 1. The minimum atomic E-state index is -0.449. The number of nitrogens with zero attached hydrogens (tertiary/aromatic N) is 1. The van der Waals surface area contributed by atoms with Crippen molar-refractivity contribution >= 4 is 18.3 Å². The van der Waals surface area contributed by atoms with E-state index in [1.165, 1.54) is 29.4 Å². The Bertz CT molecular complexity index is 463. The molecule has 0 unspecified atom stereocenters. The number of hydrogen-bond acceptors (Lipinski definition) is 5. The highest BCUT2D eigenvalue weighted by Crippen LogP contribution is 2.16.